The average molecular weight is 336 g/mol. The lowest BCUT2D eigenvalue weighted by molar-refractivity contribution is -0.130. The molecule has 1 N–H and O–H groups in total. The first-order valence-electron chi connectivity index (χ1n) is 7.83. The summed E-state index contributed by atoms with van der Waals surface area (Å²) in [7, 11) is 1.32. The third-order valence-electron chi connectivity index (χ3n) is 4.15. The van der Waals surface area contributed by atoms with Crippen LogP contribution in [0.3, 0.4) is 0 Å². The number of hydrogen-bond acceptors (Lipinski definition) is 4. The molecule has 1 heterocycles. The van der Waals surface area contributed by atoms with Crippen LogP contribution in [0, 0.1) is 5.82 Å². The van der Waals surface area contributed by atoms with Crippen molar-refractivity contribution in [1.82, 2.24) is 10.2 Å². The Labute approximate surface area is 140 Å². The van der Waals surface area contributed by atoms with Crippen molar-refractivity contribution < 1.29 is 23.5 Å². The molecule has 0 unspecified atom stereocenters. The summed E-state index contributed by atoms with van der Waals surface area (Å²) in [6.45, 7) is 3.22. The van der Waals surface area contributed by atoms with Gasteiger partial charge < -0.3 is 10.1 Å². The largest absolute Gasteiger partial charge is 0.494 e. The standard InChI is InChI=1S/C17H21FN2O4/c1-4-5-8-17(2)15(22)20(16(23)19-17)10-13(21)11-6-7-14(24-3)12(18)9-11/h6-7,9H,4-5,8,10H2,1-3H3,(H,19,23)/t17-/m1/s1. The Hall–Kier alpha value is -2.44. The van der Waals surface area contributed by atoms with E-state index in [1.54, 1.807) is 6.92 Å². The Balaban J connectivity index is 2.12. The van der Waals surface area contributed by atoms with E-state index in [0.29, 0.717) is 6.42 Å². The summed E-state index contributed by atoms with van der Waals surface area (Å²) in [5.41, 5.74) is -0.908. The summed E-state index contributed by atoms with van der Waals surface area (Å²) in [4.78, 5) is 37.7. The second-order valence-corrected chi connectivity index (χ2v) is 6.03. The van der Waals surface area contributed by atoms with Gasteiger partial charge in [0.25, 0.3) is 5.91 Å². The van der Waals surface area contributed by atoms with Crippen LogP contribution >= 0.6 is 0 Å². The number of hydrogen-bond donors (Lipinski definition) is 1. The number of unbranched alkanes of at least 4 members (excludes halogenated alkanes) is 1. The number of rotatable bonds is 7. The van der Waals surface area contributed by atoms with Gasteiger partial charge in [-0.25, -0.2) is 9.18 Å². The first-order chi connectivity index (χ1) is 11.3. The second-order valence-electron chi connectivity index (χ2n) is 6.03. The van der Waals surface area contributed by atoms with Gasteiger partial charge in [-0.3, -0.25) is 14.5 Å². The minimum atomic E-state index is -0.988. The lowest BCUT2D eigenvalue weighted by Crippen LogP contribution is -2.44. The minimum Gasteiger partial charge on any atom is -0.494 e. The quantitative estimate of drug-likeness (QED) is 0.613. The molecule has 1 atom stereocenters. The highest BCUT2D eigenvalue weighted by atomic mass is 19.1. The number of methoxy groups -OCH3 is 1. The average Bonchev–Trinajstić information content (AvgIpc) is 2.76. The first-order valence-corrected chi connectivity index (χ1v) is 7.83. The number of urea groups is 1. The number of nitrogens with zero attached hydrogens (tertiary/aromatic N) is 1. The molecular weight excluding hydrogens is 315 g/mol. The van der Waals surface area contributed by atoms with Gasteiger partial charge in [0.15, 0.2) is 17.3 Å². The molecule has 0 saturated carbocycles. The molecule has 6 nitrogen and oxygen atoms in total. The van der Waals surface area contributed by atoms with Crippen molar-refractivity contribution >= 4 is 17.7 Å². The third kappa shape index (κ3) is 3.39. The molecule has 0 aliphatic carbocycles. The highest BCUT2D eigenvalue weighted by Crippen LogP contribution is 2.24. The maximum atomic E-state index is 13.7. The van der Waals surface area contributed by atoms with E-state index < -0.39 is 35.6 Å². The van der Waals surface area contributed by atoms with Crippen LogP contribution in [0.2, 0.25) is 0 Å². The summed E-state index contributed by atoms with van der Waals surface area (Å²) in [5.74, 6) is -1.59. The van der Waals surface area contributed by atoms with Crippen molar-refractivity contribution in [3.05, 3.63) is 29.6 Å². The minimum absolute atomic E-state index is 0.0219. The maximum Gasteiger partial charge on any atom is 0.325 e. The van der Waals surface area contributed by atoms with E-state index in [2.05, 4.69) is 5.32 Å². The van der Waals surface area contributed by atoms with E-state index in [1.807, 2.05) is 6.92 Å². The van der Waals surface area contributed by atoms with Crippen LogP contribution < -0.4 is 10.1 Å². The van der Waals surface area contributed by atoms with E-state index in [4.69, 9.17) is 4.74 Å². The van der Waals surface area contributed by atoms with Crippen molar-refractivity contribution in [2.45, 2.75) is 38.6 Å². The highest BCUT2D eigenvalue weighted by molar-refractivity contribution is 6.11. The molecule has 1 fully saturated rings. The number of imide groups is 1. The Morgan fingerprint density at radius 2 is 2.08 bits per heavy atom. The molecule has 1 aliphatic rings. The fourth-order valence-corrected chi connectivity index (χ4v) is 2.67. The van der Waals surface area contributed by atoms with Crippen LogP contribution in [0.15, 0.2) is 18.2 Å². The zero-order valence-corrected chi connectivity index (χ0v) is 14.0. The molecule has 1 aromatic rings. The molecule has 0 aromatic heterocycles. The Kier molecular flexibility index (Phi) is 5.21. The second kappa shape index (κ2) is 6.98. The van der Waals surface area contributed by atoms with E-state index in [9.17, 15) is 18.8 Å². The number of carbonyl (C=O) groups is 3. The summed E-state index contributed by atoms with van der Waals surface area (Å²) >= 11 is 0. The number of nitrogens with one attached hydrogen (secondary N) is 1. The Morgan fingerprint density at radius 3 is 2.67 bits per heavy atom. The molecule has 0 spiro atoms. The molecule has 2 rings (SSSR count). The predicted octanol–water partition coefficient (Wildman–Crippen LogP) is 2.52. The van der Waals surface area contributed by atoms with E-state index in [1.165, 1.54) is 19.2 Å². The van der Waals surface area contributed by atoms with Gasteiger partial charge in [0, 0.05) is 5.56 Å². The smallest absolute Gasteiger partial charge is 0.325 e. The molecule has 1 aliphatic heterocycles. The lowest BCUT2D eigenvalue weighted by Gasteiger charge is -2.21. The number of Topliss-reactive ketones (excluding diaryl/α,β-unsaturated/α-hetero) is 1. The SMILES string of the molecule is CCCC[C@@]1(C)NC(=O)N(CC(=O)c2ccc(OC)c(F)c2)C1=O. The Bertz CT molecular complexity index is 677. The number of ether oxygens (including phenoxy) is 1. The van der Waals surface area contributed by atoms with E-state index in [-0.39, 0.29) is 11.3 Å². The normalized spacial score (nSPS) is 20.2. The summed E-state index contributed by atoms with van der Waals surface area (Å²) < 4.78 is 18.5. The molecular formula is C17H21FN2O4. The van der Waals surface area contributed by atoms with Gasteiger partial charge >= 0.3 is 6.03 Å². The lowest BCUT2D eigenvalue weighted by atomic mass is 9.95. The van der Waals surface area contributed by atoms with Gasteiger partial charge in [0.2, 0.25) is 0 Å². The van der Waals surface area contributed by atoms with E-state index >= 15 is 0 Å². The van der Waals surface area contributed by atoms with Crippen molar-refractivity contribution in [3.63, 3.8) is 0 Å². The van der Waals surface area contributed by atoms with Gasteiger partial charge in [0.1, 0.15) is 5.54 Å². The Morgan fingerprint density at radius 1 is 1.38 bits per heavy atom. The number of carbonyl (C=O) groups excluding carboxylic acids is 3. The van der Waals surface area contributed by atoms with Crippen LogP contribution in [-0.2, 0) is 4.79 Å². The fraction of sp³-hybridized carbons (Fsp3) is 0.471. The highest BCUT2D eigenvalue weighted by Gasteiger charge is 2.47. The molecule has 7 heteroatoms. The van der Waals surface area contributed by atoms with Crippen LogP contribution in [0.4, 0.5) is 9.18 Å². The number of halogens is 1. The van der Waals surface area contributed by atoms with Crippen LogP contribution in [0.5, 0.6) is 5.75 Å². The van der Waals surface area contributed by atoms with E-state index in [0.717, 1.165) is 23.8 Å². The number of ketones is 1. The van der Waals surface area contributed by atoms with Crippen molar-refractivity contribution in [2.24, 2.45) is 0 Å². The molecule has 24 heavy (non-hydrogen) atoms. The van der Waals surface area contributed by atoms with Gasteiger partial charge in [-0.2, -0.15) is 0 Å². The summed E-state index contributed by atoms with van der Waals surface area (Å²) in [6, 6.07) is 3.18. The molecule has 1 saturated heterocycles. The maximum absolute atomic E-state index is 13.7. The van der Waals surface area contributed by atoms with Gasteiger partial charge in [-0.05, 0) is 31.5 Å². The monoisotopic (exact) mass is 336 g/mol. The number of amides is 3. The molecule has 0 bridgehead atoms. The molecule has 130 valence electrons. The van der Waals surface area contributed by atoms with Crippen molar-refractivity contribution in [3.8, 4) is 5.75 Å². The zero-order valence-electron chi connectivity index (χ0n) is 14.0. The third-order valence-corrected chi connectivity index (χ3v) is 4.15. The molecule has 0 radical (unpaired) electrons. The predicted molar refractivity (Wildman–Crippen MR) is 85.5 cm³/mol. The molecule has 3 amide bonds. The zero-order chi connectivity index (χ0) is 17.9. The summed E-state index contributed by atoms with van der Waals surface area (Å²) in [5, 5.41) is 2.64. The summed E-state index contributed by atoms with van der Waals surface area (Å²) in [6.07, 6.45) is 2.19. The van der Waals surface area contributed by atoms with Crippen LogP contribution in [0.1, 0.15) is 43.5 Å². The van der Waals surface area contributed by atoms with Gasteiger partial charge in [-0.15, -0.1) is 0 Å². The molecule has 1 aromatic carbocycles. The van der Waals surface area contributed by atoms with Gasteiger partial charge in [0.05, 0.1) is 13.7 Å². The van der Waals surface area contributed by atoms with Crippen LogP contribution in [-0.4, -0.2) is 41.8 Å². The van der Waals surface area contributed by atoms with Crippen molar-refractivity contribution in [2.75, 3.05) is 13.7 Å². The topological polar surface area (TPSA) is 75.7 Å². The fourth-order valence-electron chi connectivity index (χ4n) is 2.67. The number of benzene rings is 1. The van der Waals surface area contributed by atoms with Crippen LogP contribution in [0.25, 0.3) is 0 Å². The first kappa shape index (κ1) is 17.9. The van der Waals surface area contributed by atoms with Crippen molar-refractivity contribution in [1.29, 1.82) is 0 Å². The van der Waals surface area contributed by atoms with Gasteiger partial charge in [-0.1, -0.05) is 19.8 Å².